The van der Waals surface area contributed by atoms with E-state index in [2.05, 4.69) is 11.4 Å². The van der Waals surface area contributed by atoms with Crippen molar-refractivity contribution in [2.75, 3.05) is 30.0 Å². The molecular weight excluding hydrogens is 238 g/mol. The van der Waals surface area contributed by atoms with E-state index in [9.17, 15) is 8.42 Å². The molecule has 0 spiro atoms. The first-order valence-electron chi connectivity index (χ1n) is 5.83. The second-order valence-corrected chi connectivity index (χ2v) is 6.87. The first kappa shape index (κ1) is 10.9. The van der Waals surface area contributed by atoms with Gasteiger partial charge in [-0.1, -0.05) is 12.1 Å². The molecule has 2 aliphatic heterocycles. The van der Waals surface area contributed by atoms with Gasteiger partial charge in [-0.3, -0.25) is 0 Å². The zero-order valence-electron chi connectivity index (χ0n) is 9.48. The number of anilines is 1. The van der Waals surface area contributed by atoms with Crippen LogP contribution in [0.1, 0.15) is 5.56 Å². The summed E-state index contributed by atoms with van der Waals surface area (Å²) in [7, 11) is -2.74. The number of hydrogen-bond donors (Lipinski definition) is 1. The Hall–Kier alpha value is -1.23. The van der Waals surface area contributed by atoms with E-state index in [-0.39, 0.29) is 17.4 Å². The molecule has 1 fully saturated rings. The third-order valence-electron chi connectivity index (χ3n) is 3.26. The number of rotatable bonds is 3. The van der Waals surface area contributed by atoms with Crippen LogP contribution in [-0.4, -0.2) is 33.1 Å². The highest BCUT2D eigenvalue weighted by Gasteiger charge is 2.33. The minimum Gasteiger partial charge on any atom is -0.491 e. The van der Waals surface area contributed by atoms with Crippen LogP contribution in [0.5, 0.6) is 5.75 Å². The standard InChI is InChI=1S/C12H15NO3S/c14-17(15)7-9(8-17)6-16-11-3-1-2-10-4-5-13-12(10)11/h1-3,9,13H,4-8H2. The molecule has 0 aliphatic carbocycles. The van der Waals surface area contributed by atoms with Crippen LogP contribution in [0.15, 0.2) is 18.2 Å². The number of sulfone groups is 1. The average molecular weight is 253 g/mol. The van der Waals surface area contributed by atoms with Gasteiger partial charge in [0.25, 0.3) is 0 Å². The van der Waals surface area contributed by atoms with Crippen LogP contribution in [0.25, 0.3) is 0 Å². The van der Waals surface area contributed by atoms with E-state index in [0.29, 0.717) is 6.61 Å². The lowest BCUT2D eigenvalue weighted by Crippen LogP contribution is -2.39. The summed E-state index contributed by atoms with van der Waals surface area (Å²) in [5.74, 6) is 1.56. The lowest BCUT2D eigenvalue weighted by molar-refractivity contribution is 0.265. The highest BCUT2D eigenvalue weighted by atomic mass is 32.2. The molecule has 1 N–H and O–H groups in total. The van der Waals surface area contributed by atoms with Crippen molar-refractivity contribution >= 4 is 15.5 Å². The third kappa shape index (κ3) is 2.11. The summed E-state index contributed by atoms with van der Waals surface area (Å²) in [6.07, 6.45) is 1.03. The lowest BCUT2D eigenvalue weighted by Gasteiger charge is -2.25. The van der Waals surface area contributed by atoms with Crippen LogP contribution >= 0.6 is 0 Å². The molecule has 1 aromatic carbocycles. The van der Waals surface area contributed by atoms with Crippen LogP contribution in [-0.2, 0) is 16.3 Å². The molecule has 0 amide bonds. The van der Waals surface area contributed by atoms with Gasteiger partial charge in [-0.2, -0.15) is 0 Å². The van der Waals surface area contributed by atoms with Gasteiger partial charge in [-0.15, -0.1) is 0 Å². The van der Waals surface area contributed by atoms with Crippen molar-refractivity contribution in [1.82, 2.24) is 0 Å². The van der Waals surface area contributed by atoms with Crippen molar-refractivity contribution in [3.8, 4) is 5.75 Å². The van der Waals surface area contributed by atoms with Crippen molar-refractivity contribution < 1.29 is 13.2 Å². The van der Waals surface area contributed by atoms with Gasteiger partial charge in [0, 0.05) is 12.5 Å². The Morgan fingerprint density at radius 2 is 2.18 bits per heavy atom. The van der Waals surface area contributed by atoms with Gasteiger partial charge in [0.15, 0.2) is 9.84 Å². The van der Waals surface area contributed by atoms with Crippen molar-refractivity contribution in [2.45, 2.75) is 6.42 Å². The van der Waals surface area contributed by atoms with Crippen LogP contribution in [0, 0.1) is 5.92 Å². The summed E-state index contributed by atoms with van der Waals surface area (Å²) in [5, 5.41) is 3.30. The topological polar surface area (TPSA) is 55.4 Å². The number of benzene rings is 1. The van der Waals surface area contributed by atoms with Crippen LogP contribution in [0.3, 0.4) is 0 Å². The summed E-state index contributed by atoms with van der Waals surface area (Å²) in [4.78, 5) is 0. The summed E-state index contributed by atoms with van der Waals surface area (Å²) >= 11 is 0. The van der Waals surface area contributed by atoms with Crippen molar-refractivity contribution in [3.63, 3.8) is 0 Å². The summed E-state index contributed by atoms with van der Waals surface area (Å²) < 4.78 is 27.8. The molecule has 0 atom stereocenters. The number of para-hydroxylation sites is 1. The second-order valence-electron chi connectivity index (χ2n) is 4.72. The molecule has 1 aromatic rings. The molecule has 1 saturated heterocycles. The van der Waals surface area contributed by atoms with E-state index < -0.39 is 9.84 Å². The van der Waals surface area contributed by atoms with Gasteiger partial charge in [-0.05, 0) is 18.1 Å². The Morgan fingerprint density at radius 1 is 1.35 bits per heavy atom. The van der Waals surface area contributed by atoms with E-state index in [4.69, 9.17) is 4.74 Å². The molecule has 3 rings (SSSR count). The summed E-state index contributed by atoms with van der Waals surface area (Å²) in [5.41, 5.74) is 2.36. The first-order chi connectivity index (χ1) is 8.14. The molecule has 17 heavy (non-hydrogen) atoms. The number of fused-ring (bicyclic) bond motifs is 1. The van der Waals surface area contributed by atoms with Crippen molar-refractivity contribution in [2.24, 2.45) is 5.92 Å². The van der Waals surface area contributed by atoms with Gasteiger partial charge < -0.3 is 10.1 Å². The van der Waals surface area contributed by atoms with Crippen LogP contribution in [0.2, 0.25) is 0 Å². The lowest BCUT2D eigenvalue weighted by atomic mass is 10.1. The Morgan fingerprint density at radius 3 is 2.94 bits per heavy atom. The Labute approximate surface area is 101 Å². The molecule has 0 saturated carbocycles. The van der Waals surface area contributed by atoms with Gasteiger partial charge in [0.05, 0.1) is 23.8 Å². The highest BCUT2D eigenvalue weighted by molar-refractivity contribution is 7.92. The summed E-state index contributed by atoms with van der Waals surface area (Å²) in [6.45, 7) is 1.45. The highest BCUT2D eigenvalue weighted by Crippen LogP contribution is 2.33. The van der Waals surface area contributed by atoms with Crippen LogP contribution < -0.4 is 10.1 Å². The SMILES string of the molecule is O=S1(=O)CC(COc2cccc3c2NCC3)C1. The van der Waals surface area contributed by atoms with Gasteiger partial charge in [-0.25, -0.2) is 8.42 Å². The van der Waals surface area contributed by atoms with Gasteiger partial charge in [0.1, 0.15) is 5.75 Å². The fraction of sp³-hybridized carbons (Fsp3) is 0.500. The van der Waals surface area contributed by atoms with Gasteiger partial charge >= 0.3 is 0 Å². The average Bonchev–Trinajstić information content (AvgIpc) is 2.71. The largest absolute Gasteiger partial charge is 0.491 e. The van der Waals surface area contributed by atoms with Gasteiger partial charge in [0.2, 0.25) is 0 Å². The minimum atomic E-state index is -2.74. The maximum Gasteiger partial charge on any atom is 0.151 e. The fourth-order valence-corrected chi connectivity index (χ4v) is 3.93. The molecule has 2 heterocycles. The van der Waals surface area contributed by atoms with E-state index in [1.807, 2.05) is 12.1 Å². The molecule has 92 valence electrons. The number of nitrogens with one attached hydrogen (secondary N) is 1. The minimum absolute atomic E-state index is 0.164. The predicted octanol–water partition coefficient (Wildman–Crippen LogP) is 1.08. The molecule has 0 radical (unpaired) electrons. The predicted molar refractivity (Wildman–Crippen MR) is 66.3 cm³/mol. The van der Waals surface area contributed by atoms with E-state index in [1.165, 1.54) is 5.56 Å². The molecule has 0 bridgehead atoms. The number of ether oxygens (including phenoxy) is 1. The Bertz CT molecular complexity index is 527. The van der Waals surface area contributed by atoms with E-state index >= 15 is 0 Å². The Kier molecular flexibility index (Phi) is 2.50. The smallest absolute Gasteiger partial charge is 0.151 e. The van der Waals surface area contributed by atoms with E-state index in [0.717, 1.165) is 24.4 Å². The molecular formula is C12H15NO3S. The third-order valence-corrected chi connectivity index (χ3v) is 5.22. The molecule has 2 aliphatic rings. The quantitative estimate of drug-likeness (QED) is 0.875. The zero-order valence-corrected chi connectivity index (χ0v) is 10.3. The monoisotopic (exact) mass is 253 g/mol. The summed E-state index contributed by atoms with van der Waals surface area (Å²) in [6, 6.07) is 6.01. The maximum absolute atomic E-state index is 11.0. The fourth-order valence-electron chi connectivity index (χ4n) is 2.40. The maximum atomic E-state index is 11.0. The second kappa shape index (κ2) is 3.91. The van der Waals surface area contributed by atoms with Crippen molar-refractivity contribution in [3.05, 3.63) is 23.8 Å². The molecule has 5 heteroatoms. The molecule has 0 unspecified atom stereocenters. The molecule has 4 nitrogen and oxygen atoms in total. The first-order valence-corrected chi connectivity index (χ1v) is 7.65. The normalized spacial score (nSPS) is 21.4. The van der Waals surface area contributed by atoms with E-state index in [1.54, 1.807) is 0 Å². The van der Waals surface area contributed by atoms with Crippen LogP contribution in [0.4, 0.5) is 5.69 Å². The Balaban J connectivity index is 1.65. The zero-order chi connectivity index (χ0) is 11.9. The molecule has 0 aromatic heterocycles. The van der Waals surface area contributed by atoms with Crippen molar-refractivity contribution in [1.29, 1.82) is 0 Å². The number of hydrogen-bond acceptors (Lipinski definition) is 4.